The van der Waals surface area contributed by atoms with Gasteiger partial charge in [0.15, 0.2) is 5.65 Å². The molecule has 1 fully saturated rings. The lowest BCUT2D eigenvalue weighted by Crippen LogP contribution is -2.40. The Labute approximate surface area is 285 Å². The average Bonchev–Trinajstić information content (AvgIpc) is 3.68. The number of urea groups is 1. The number of phenols is 1. The second-order valence-corrected chi connectivity index (χ2v) is 13.8. The summed E-state index contributed by atoms with van der Waals surface area (Å²) in [6.07, 6.45) is 15.3. The number of nitrogens with zero attached hydrogens (tertiary/aromatic N) is 6. The van der Waals surface area contributed by atoms with Gasteiger partial charge in [-0.25, -0.2) is 9.48 Å². The van der Waals surface area contributed by atoms with Crippen LogP contribution in [0.25, 0.3) is 11.3 Å². The Balaban J connectivity index is 1.17. The first-order valence-electron chi connectivity index (χ1n) is 16.5. The van der Waals surface area contributed by atoms with Gasteiger partial charge in [-0.05, 0) is 68.0 Å². The van der Waals surface area contributed by atoms with Crippen molar-refractivity contribution in [1.29, 1.82) is 0 Å². The molecule has 3 N–H and O–H groups in total. The van der Waals surface area contributed by atoms with E-state index in [2.05, 4.69) is 59.2 Å². The highest BCUT2D eigenvalue weighted by Gasteiger charge is 2.24. The summed E-state index contributed by atoms with van der Waals surface area (Å²) >= 11 is 6.21. The fraction of sp³-hybridized carbons (Fsp3) is 0.389. The Morgan fingerprint density at radius 2 is 1.88 bits per heavy atom. The summed E-state index contributed by atoms with van der Waals surface area (Å²) in [7, 11) is 0. The first kappa shape index (κ1) is 33.1. The minimum absolute atomic E-state index is 0.0305. The quantitative estimate of drug-likeness (QED) is 0.196. The molecule has 0 bridgehead atoms. The number of carbonyl (C=O) groups excluding carboxylic acids is 1. The first-order valence-corrected chi connectivity index (χ1v) is 16.9. The summed E-state index contributed by atoms with van der Waals surface area (Å²) in [5.74, 6) is 2.03. The van der Waals surface area contributed by atoms with Gasteiger partial charge in [0.1, 0.15) is 23.4 Å². The van der Waals surface area contributed by atoms with Crippen molar-refractivity contribution in [1.82, 2.24) is 29.7 Å². The molecule has 0 saturated carbocycles. The molecule has 4 aromatic rings. The largest absolute Gasteiger partial charge is 0.506 e. The lowest BCUT2D eigenvalue weighted by Gasteiger charge is -2.26. The predicted octanol–water partition coefficient (Wildman–Crippen LogP) is 7.35. The molecule has 0 radical (unpaired) electrons. The number of pyridine rings is 1. The fourth-order valence-corrected chi connectivity index (χ4v) is 6.11. The van der Waals surface area contributed by atoms with E-state index in [9.17, 15) is 9.90 Å². The summed E-state index contributed by atoms with van der Waals surface area (Å²) < 4.78 is 10.2. The van der Waals surface area contributed by atoms with Crippen LogP contribution in [0.1, 0.15) is 65.0 Å². The molecule has 0 spiro atoms. The minimum atomic E-state index is -0.394. The summed E-state index contributed by atoms with van der Waals surface area (Å²) in [6.45, 7) is 12.4. The van der Waals surface area contributed by atoms with E-state index in [0.29, 0.717) is 30.8 Å². The summed E-state index contributed by atoms with van der Waals surface area (Å²) in [4.78, 5) is 15.8. The first-order chi connectivity index (χ1) is 23.0. The Kier molecular flexibility index (Phi) is 9.77. The van der Waals surface area contributed by atoms with Crippen LogP contribution in [0.15, 0.2) is 79.1 Å². The van der Waals surface area contributed by atoms with Crippen LogP contribution in [0.4, 0.5) is 16.6 Å². The third-order valence-corrected chi connectivity index (χ3v) is 8.98. The summed E-state index contributed by atoms with van der Waals surface area (Å²) in [6, 6.07) is 9.79. The number of halogens is 1. The number of phenolic OH excluding ortho intramolecular Hbond substituents is 1. The Hall–Kier alpha value is -4.77. The molecule has 0 unspecified atom stereocenters. The van der Waals surface area contributed by atoms with Gasteiger partial charge < -0.3 is 20.1 Å². The number of hydrogen-bond acceptors (Lipinski definition) is 7. The van der Waals surface area contributed by atoms with Gasteiger partial charge in [0, 0.05) is 31.0 Å². The van der Waals surface area contributed by atoms with E-state index in [0.717, 1.165) is 54.5 Å². The van der Waals surface area contributed by atoms with Crippen molar-refractivity contribution in [2.24, 2.45) is 0 Å². The Morgan fingerprint density at radius 1 is 1.06 bits per heavy atom. The maximum absolute atomic E-state index is 13.5. The van der Waals surface area contributed by atoms with Gasteiger partial charge in [-0.15, -0.1) is 10.2 Å². The zero-order valence-electron chi connectivity index (χ0n) is 27.7. The Morgan fingerprint density at radius 3 is 2.65 bits per heavy atom. The molecule has 11 nitrogen and oxygen atoms in total. The number of hydrogen-bond donors (Lipinski definition) is 3. The fourth-order valence-electron chi connectivity index (χ4n) is 5.93. The van der Waals surface area contributed by atoms with Crippen molar-refractivity contribution in [2.75, 3.05) is 23.3 Å². The smallest absolute Gasteiger partial charge is 0.320 e. The molecule has 48 heavy (non-hydrogen) atoms. The highest BCUT2D eigenvalue weighted by Crippen LogP contribution is 2.30. The molecule has 1 aliphatic carbocycles. The lowest BCUT2D eigenvalue weighted by atomic mass is 9.92. The van der Waals surface area contributed by atoms with Gasteiger partial charge in [-0.2, -0.15) is 5.10 Å². The molecule has 252 valence electrons. The molecule has 2 amide bonds. The van der Waals surface area contributed by atoms with Crippen LogP contribution in [0.5, 0.6) is 11.5 Å². The molecule has 6 rings (SSSR count). The van der Waals surface area contributed by atoms with Gasteiger partial charge in [0.2, 0.25) is 5.95 Å². The average molecular weight is 671 g/mol. The maximum atomic E-state index is 13.5. The highest BCUT2D eigenvalue weighted by molar-refractivity contribution is 6.32. The standard InChI is InChI=1S/C36H43ClN8O3/c1-24-11-7-5-8-12-26(48-27-15-18-32-40-41-35(44(32)23-27)43-19-9-6-10-20-43)14-16-29(24)38-34(47)39-33-22-31(36(2,3)4)42-45(33)25-13-17-30(46)28(37)21-25/h5,7-8,11,13,15,17-18,21-23,26,29,46H,1,6,9-10,12,14,16,19-20H2,2-4H3,(H2,38,39,47)/b8-5-,11-7-/t26-,29-/m0/s1. The molecular formula is C36H43ClN8O3. The van der Waals surface area contributed by atoms with E-state index in [-0.39, 0.29) is 28.3 Å². The van der Waals surface area contributed by atoms with Crippen molar-refractivity contribution < 1.29 is 14.6 Å². The normalized spacial score (nSPS) is 20.3. The number of aromatic nitrogens is 5. The molecule has 12 heteroatoms. The van der Waals surface area contributed by atoms with Crippen LogP contribution < -0.4 is 20.3 Å². The second-order valence-electron chi connectivity index (χ2n) is 13.4. The van der Waals surface area contributed by atoms with E-state index < -0.39 is 6.03 Å². The number of fused-ring (bicyclic) bond motifs is 1. The number of ether oxygens (including phenoxy) is 1. The lowest BCUT2D eigenvalue weighted by molar-refractivity contribution is 0.186. The molecule has 2 atom stereocenters. The van der Waals surface area contributed by atoms with Crippen LogP contribution >= 0.6 is 11.6 Å². The number of nitrogens with one attached hydrogen (secondary N) is 2. The van der Waals surface area contributed by atoms with Gasteiger partial charge >= 0.3 is 6.03 Å². The van der Waals surface area contributed by atoms with Gasteiger partial charge in [-0.3, -0.25) is 9.72 Å². The molecule has 3 aromatic heterocycles. The third kappa shape index (κ3) is 7.68. The molecule has 4 heterocycles. The van der Waals surface area contributed by atoms with Crippen molar-refractivity contribution in [3.05, 3.63) is 89.8 Å². The number of allylic oxidation sites excluding steroid dienone is 2. The summed E-state index contributed by atoms with van der Waals surface area (Å²) in [5, 5.41) is 29.8. The van der Waals surface area contributed by atoms with Crippen LogP contribution in [0.3, 0.4) is 0 Å². The number of anilines is 2. The van der Waals surface area contributed by atoms with E-state index in [1.165, 1.54) is 12.5 Å². The van der Waals surface area contributed by atoms with E-state index in [1.54, 1.807) is 16.8 Å². The third-order valence-electron chi connectivity index (χ3n) is 8.68. The minimum Gasteiger partial charge on any atom is -0.506 e. The zero-order valence-corrected chi connectivity index (χ0v) is 28.5. The van der Waals surface area contributed by atoms with Crippen molar-refractivity contribution in [2.45, 2.75) is 76.9 Å². The molecule has 1 saturated heterocycles. The van der Waals surface area contributed by atoms with Gasteiger partial charge in [0.05, 0.1) is 28.6 Å². The molecule has 2 aliphatic rings. The maximum Gasteiger partial charge on any atom is 0.320 e. The monoisotopic (exact) mass is 670 g/mol. The van der Waals surface area contributed by atoms with Gasteiger partial charge in [0.25, 0.3) is 0 Å². The highest BCUT2D eigenvalue weighted by atomic mass is 35.5. The van der Waals surface area contributed by atoms with E-state index in [1.807, 2.05) is 47.0 Å². The number of benzene rings is 1. The number of amides is 2. The van der Waals surface area contributed by atoms with Crippen molar-refractivity contribution in [3.63, 3.8) is 0 Å². The van der Waals surface area contributed by atoms with Crippen molar-refractivity contribution >= 4 is 35.0 Å². The molecular weight excluding hydrogens is 628 g/mol. The Bertz CT molecular complexity index is 1850. The zero-order chi connectivity index (χ0) is 33.8. The number of rotatable bonds is 6. The van der Waals surface area contributed by atoms with Crippen LogP contribution in [-0.4, -0.2) is 60.8 Å². The van der Waals surface area contributed by atoms with E-state index in [4.69, 9.17) is 21.4 Å². The predicted molar refractivity (Wildman–Crippen MR) is 190 cm³/mol. The topological polar surface area (TPSA) is 122 Å². The molecule has 1 aliphatic heterocycles. The number of carbonyl (C=O) groups is 1. The SMILES string of the molecule is C=C1/C=C\C=C/C[C@H](Oc2ccc3nnc(N4CCCCC4)n3c2)CC[C@@H]1NC(=O)Nc1cc(C(C)(C)C)nn1-c1ccc(O)c(Cl)c1. The summed E-state index contributed by atoms with van der Waals surface area (Å²) in [5.41, 5.74) is 2.68. The number of aromatic hydroxyl groups is 1. The van der Waals surface area contributed by atoms with Crippen LogP contribution in [-0.2, 0) is 5.41 Å². The van der Waals surface area contributed by atoms with E-state index >= 15 is 0 Å². The van der Waals surface area contributed by atoms with Crippen LogP contribution in [0, 0.1) is 0 Å². The second kappa shape index (κ2) is 14.1. The number of piperidine rings is 1. The van der Waals surface area contributed by atoms with Crippen LogP contribution in [0.2, 0.25) is 5.02 Å². The molecule has 1 aromatic carbocycles. The van der Waals surface area contributed by atoms with Crippen molar-refractivity contribution in [3.8, 4) is 17.2 Å². The van der Waals surface area contributed by atoms with Gasteiger partial charge in [-0.1, -0.05) is 63.3 Å².